The Hall–Kier alpha value is -1.01. The molecule has 1 aromatic rings. The van der Waals surface area contributed by atoms with Crippen LogP contribution >= 0.6 is 11.5 Å². The molecule has 1 aliphatic heterocycles. The summed E-state index contributed by atoms with van der Waals surface area (Å²) < 4.78 is 4.00. The second-order valence-electron chi connectivity index (χ2n) is 6.43. The summed E-state index contributed by atoms with van der Waals surface area (Å²) in [7, 11) is 0. The van der Waals surface area contributed by atoms with E-state index in [2.05, 4.69) is 30.4 Å². The average Bonchev–Trinajstić information content (AvgIpc) is 2.88. The zero-order chi connectivity index (χ0) is 14.8. The van der Waals surface area contributed by atoms with Gasteiger partial charge in [0.25, 0.3) is 5.91 Å². The van der Waals surface area contributed by atoms with E-state index in [1.54, 1.807) is 0 Å². The molecule has 2 rings (SSSR count). The monoisotopic (exact) mass is 296 g/mol. The molecular weight excluding hydrogens is 272 g/mol. The number of amides is 1. The highest BCUT2D eigenvalue weighted by Gasteiger charge is 2.32. The minimum absolute atomic E-state index is 0.0862. The Labute approximate surface area is 124 Å². The molecule has 0 bridgehead atoms. The summed E-state index contributed by atoms with van der Waals surface area (Å²) in [4.78, 5) is 15.5. The molecule has 0 aliphatic carbocycles. The quantitative estimate of drug-likeness (QED) is 0.928. The summed E-state index contributed by atoms with van der Waals surface area (Å²) >= 11 is 1.21. The van der Waals surface area contributed by atoms with E-state index in [1.165, 1.54) is 18.0 Å². The molecule has 20 heavy (non-hydrogen) atoms. The number of likely N-dealkylation sites (tertiary alicyclic amines) is 1. The van der Waals surface area contributed by atoms with Crippen molar-refractivity contribution in [2.45, 2.75) is 57.9 Å². The zero-order valence-corrected chi connectivity index (χ0v) is 13.4. The Balaban J connectivity index is 2.24. The number of rotatable bonds is 3. The van der Waals surface area contributed by atoms with E-state index in [-0.39, 0.29) is 17.4 Å². The van der Waals surface area contributed by atoms with Crippen LogP contribution < -0.4 is 5.73 Å². The fourth-order valence-corrected chi connectivity index (χ4v) is 3.55. The lowest BCUT2D eigenvalue weighted by molar-refractivity contribution is 0.0607. The molecule has 0 radical (unpaired) electrons. The van der Waals surface area contributed by atoms with Gasteiger partial charge in [0, 0.05) is 18.0 Å². The van der Waals surface area contributed by atoms with Crippen molar-refractivity contribution in [1.82, 2.24) is 14.5 Å². The maximum atomic E-state index is 12.8. The minimum Gasteiger partial charge on any atom is -0.335 e. The predicted molar refractivity (Wildman–Crippen MR) is 81.0 cm³/mol. The van der Waals surface area contributed by atoms with Crippen LogP contribution in [0.25, 0.3) is 0 Å². The van der Waals surface area contributed by atoms with Crippen LogP contribution in [0.3, 0.4) is 0 Å². The molecule has 112 valence electrons. The van der Waals surface area contributed by atoms with Gasteiger partial charge in [-0.15, -0.1) is 5.10 Å². The number of carbonyl (C=O) groups excluding carboxylic acids is 1. The van der Waals surface area contributed by atoms with Gasteiger partial charge in [-0.3, -0.25) is 4.79 Å². The van der Waals surface area contributed by atoms with E-state index in [0.717, 1.165) is 31.5 Å². The number of hydrogen-bond acceptors (Lipinski definition) is 5. The summed E-state index contributed by atoms with van der Waals surface area (Å²) in [6, 6.07) is 0.274. The van der Waals surface area contributed by atoms with Gasteiger partial charge in [-0.2, -0.15) is 0 Å². The van der Waals surface area contributed by atoms with Gasteiger partial charge in [0.2, 0.25) is 0 Å². The molecule has 5 nitrogen and oxygen atoms in total. The van der Waals surface area contributed by atoms with E-state index in [4.69, 9.17) is 5.73 Å². The van der Waals surface area contributed by atoms with E-state index in [9.17, 15) is 4.79 Å². The molecule has 0 saturated carbocycles. The molecule has 1 fully saturated rings. The number of piperidine rings is 1. The normalized spacial score (nSPS) is 20.2. The van der Waals surface area contributed by atoms with Crippen LogP contribution in [0.5, 0.6) is 0 Å². The third-order valence-electron chi connectivity index (χ3n) is 3.78. The summed E-state index contributed by atoms with van der Waals surface area (Å²) in [5.74, 6) is 0.0862. The van der Waals surface area contributed by atoms with Gasteiger partial charge in [-0.05, 0) is 43.8 Å². The molecule has 1 amide bonds. The summed E-state index contributed by atoms with van der Waals surface area (Å²) in [5, 5.41) is 4.17. The Kier molecular flexibility index (Phi) is 4.75. The highest BCUT2D eigenvalue weighted by molar-refractivity contribution is 7.08. The van der Waals surface area contributed by atoms with E-state index in [0.29, 0.717) is 11.4 Å². The molecule has 0 spiro atoms. The van der Waals surface area contributed by atoms with Crippen molar-refractivity contribution in [1.29, 1.82) is 0 Å². The smallest absolute Gasteiger partial charge is 0.267 e. The Morgan fingerprint density at radius 3 is 2.85 bits per heavy atom. The highest BCUT2D eigenvalue weighted by atomic mass is 32.1. The third kappa shape index (κ3) is 3.17. The van der Waals surface area contributed by atoms with Crippen molar-refractivity contribution < 1.29 is 4.79 Å². The molecule has 1 atom stereocenters. The van der Waals surface area contributed by atoms with Gasteiger partial charge in [-0.25, -0.2) is 0 Å². The first-order valence-corrected chi connectivity index (χ1v) is 8.06. The van der Waals surface area contributed by atoms with Crippen LogP contribution in [0.15, 0.2) is 0 Å². The SMILES string of the molecule is CC(C)(C)c1nnsc1C(=O)N1CCCCC1CCN. The van der Waals surface area contributed by atoms with Crippen molar-refractivity contribution in [3.05, 3.63) is 10.6 Å². The standard InChI is InChI=1S/C14H24N4OS/c1-14(2,3)12-11(20-17-16-12)13(19)18-9-5-4-6-10(18)7-8-15/h10H,4-9,15H2,1-3H3. The van der Waals surface area contributed by atoms with Crippen LogP contribution in [0.2, 0.25) is 0 Å². The van der Waals surface area contributed by atoms with Crippen molar-refractivity contribution in [2.75, 3.05) is 13.1 Å². The summed E-state index contributed by atoms with van der Waals surface area (Å²) in [6.07, 6.45) is 4.19. The Bertz CT molecular complexity index is 464. The Morgan fingerprint density at radius 1 is 1.45 bits per heavy atom. The zero-order valence-electron chi connectivity index (χ0n) is 12.6. The molecular formula is C14H24N4OS. The van der Waals surface area contributed by atoms with Crippen molar-refractivity contribution >= 4 is 17.4 Å². The number of carbonyl (C=O) groups is 1. The van der Waals surface area contributed by atoms with Crippen LogP contribution in [0.4, 0.5) is 0 Å². The maximum absolute atomic E-state index is 12.8. The van der Waals surface area contributed by atoms with Gasteiger partial charge in [-0.1, -0.05) is 25.3 Å². The fourth-order valence-electron chi connectivity index (χ4n) is 2.71. The highest BCUT2D eigenvalue weighted by Crippen LogP contribution is 2.29. The van der Waals surface area contributed by atoms with Gasteiger partial charge >= 0.3 is 0 Å². The van der Waals surface area contributed by atoms with Crippen LogP contribution in [0, 0.1) is 0 Å². The summed E-state index contributed by atoms with van der Waals surface area (Å²) in [5.41, 5.74) is 6.33. The second-order valence-corrected chi connectivity index (χ2v) is 7.18. The van der Waals surface area contributed by atoms with Crippen LogP contribution in [-0.2, 0) is 5.41 Å². The van der Waals surface area contributed by atoms with Crippen LogP contribution in [0.1, 0.15) is 61.8 Å². The van der Waals surface area contributed by atoms with Gasteiger partial charge in [0.1, 0.15) is 4.88 Å². The fraction of sp³-hybridized carbons (Fsp3) is 0.786. The lowest BCUT2D eigenvalue weighted by Gasteiger charge is -2.35. The number of nitrogens with two attached hydrogens (primary N) is 1. The first-order chi connectivity index (χ1) is 9.45. The van der Waals surface area contributed by atoms with Crippen molar-refractivity contribution in [2.24, 2.45) is 5.73 Å². The molecule has 1 saturated heterocycles. The van der Waals surface area contributed by atoms with Gasteiger partial charge in [0.15, 0.2) is 0 Å². The molecule has 2 heterocycles. The van der Waals surface area contributed by atoms with E-state index >= 15 is 0 Å². The molecule has 2 N–H and O–H groups in total. The lowest BCUT2D eigenvalue weighted by Crippen LogP contribution is -2.45. The maximum Gasteiger partial charge on any atom is 0.267 e. The van der Waals surface area contributed by atoms with Gasteiger partial charge < -0.3 is 10.6 Å². The molecule has 1 aliphatic rings. The molecule has 0 aromatic carbocycles. The number of aromatic nitrogens is 2. The predicted octanol–water partition coefficient (Wildman–Crippen LogP) is 2.18. The summed E-state index contributed by atoms with van der Waals surface area (Å²) in [6.45, 7) is 7.64. The first-order valence-electron chi connectivity index (χ1n) is 7.29. The molecule has 1 aromatic heterocycles. The average molecular weight is 296 g/mol. The minimum atomic E-state index is -0.156. The number of hydrogen-bond donors (Lipinski definition) is 1. The first kappa shape index (κ1) is 15.4. The lowest BCUT2D eigenvalue weighted by atomic mass is 9.90. The molecule has 1 unspecified atom stereocenters. The molecule has 6 heteroatoms. The van der Waals surface area contributed by atoms with Crippen molar-refractivity contribution in [3.8, 4) is 0 Å². The largest absolute Gasteiger partial charge is 0.335 e. The second kappa shape index (κ2) is 6.18. The van der Waals surface area contributed by atoms with Gasteiger partial charge in [0.05, 0.1) is 5.69 Å². The van der Waals surface area contributed by atoms with E-state index in [1.807, 2.05) is 4.90 Å². The number of nitrogens with zero attached hydrogens (tertiary/aromatic N) is 3. The van der Waals surface area contributed by atoms with Crippen molar-refractivity contribution in [3.63, 3.8) is 0 Å². The van der Waals surface area contributed by atoms with E-state index < -0.39 is 0 Å². The topological polar surface area (TPSA) is 72.1 Å². The van der Waals surface area contributed by atoms with Crippen LogP contribution in [-0.4, -0.2) is 39.5 Å². The third-order valence-corrected chi connectivity index (χ3v) is 4.49. The Morgan fingerprint density at radius 2 is 2.20 bits per heavy atom.